The summed E-state index contributed by atoms with van der Waals surface area (Å²) in [6.45, 7) is 8.94. The van der Waals surface area contributed by atoms with Crippen LogP contribution < -0.4 is 5.32 Å². The Labute approximate surface area is 127 Å². The average molecular weight is 300 g/mol. The lowest BCUT2D eigenvalue weighted by atomic mass is 9.97. The van der Waals surface area contributed by atoms with Crippen molar-refractivity contribution in [3.63, 3.8) is 0 Å². The van der Waals surface area contributed by atoms with Crippen LogP contribution in [0, 0.1) is 11.8 Å². The Morgan fingerprint density at radius 3 is 2.45 bits per heavy atom. The molecule has 1 aliphatic rings. The van der Waals surface area contributed by atoms with Crippen molar-refractivity contribution in [1.82, 2.24) is 10.2 Å². The maximum absolute atomic E-state index is 12.6. The van der Waals surface area contributed by atoms with E-state index in [0.717, 1.165) is 5.75 Å². The van der Waals surface area contributed by atoms with E-state index in [2.05, 4.69) is 32.3 Å². The molecule has 4 nitrogen and oxygen atoms in total. The van der Waals surface area contributed by atoms with E-state index < -0.39 is 0 Å². The van der Waals surface area contributed by atoms with E-state index in [4.69, 9.17) is 0 Å². The molecule has 116 valence electrons. The number of nitrogens with one attached hydrogen (secondary N) is 1. The van der Waals surface area contributed by atoms with Gasteiger partial charge in [-0.05, 0) is 36.7 Å². The van der Waals surface area contributed by atoms with Crippen LogP contribution in [0.5, 0.6) is 0 Å². The second-order valence-electron chi connectivity index (χ2n) is 6.17. The molecule has 0 aromatic heterocycles. The molecule has 3 atom stereocenters. The lowest BCUT2D eigenvalue weighted by Crippen LogP contribution is -2.64. The molecule has 0 saturated carbocycles. The van der Waals surface area contributed by atoms with Gasteiger partial charge in [0.15, 0.2) is 0 Å². The summed E-state index contributed by atoms with van der Waals surface area (Å²) in [5, 5.41) is 2.90. The Hall–Kier alpha value is -0.710. The molecule has 1 saturated heterocycles. The van der Waals surface area contributed by atoms with Gasteiger partial charge in [0.1, 0.15) is 12.1 Å². The van der Waals surface area contributed by atoms with Gasteiger partial charge >= 0.3 is 0 Å². The summed E-state index contributed by atoms with van der Waals surface area (Å²) in [4.78, 5) is 26.6. The number of hydrogen-bond donors (Lipinski definition) is 1. The van der Waals surface area contributed by atoms with Crippen molar-refractivity contribution in [2.45, 2.75) is 52.6 Å². The first-order chi connectivity index (χ1) is 9.40. The highest BCUT2D eigenvalue weighted by Gasteiger charge is 2.39. The fourth-order valence-corrected chi connectivity index (χ4v) is 3.43. The molecule has 0 radical (unpaired) electrons. The van der Waals surface area contributed by atoms with E-state index >= 15 is 0 Å². The summed E-state index contributed by atoms with van der Waals surface area (Å²) < 4.78 is 0. The maximum Gasteiger partial charge on any atom is 0.245 e. The van der Waals surface area contributed by atoms with Crippen LogP contribution in [0.15, 0.2) is 0 Å². The Balaban J connectivity index is 2.83. The molecule has 0 spiro atoms. The van der Waals surface area contributed by atoms with Crippen LogP contribution in [0.2, 0.25) is 0 Å². The Kier molecular flexibility index (Phi) is 6.86. The summed E-state index contributed by atoms with van der Waals surface area (Å²) in [6.07, 6.45) is 3.46. The second kappa shape index (κ2) is 7.91. The van der Waals surface area contributed by atoms with E-state index in [9.17, 15) is 9.59 Å². The molecule has 2 amide bonds. The minimum atomic E-state index is -0.341. The number of piperazine rings is 1. The number of hydrogen-bond acceptors (Lipinski definition) is 3. The minimum absolute atomic E-state index is 0.00843. The SMILES string of the molecule is CCC1C(=O)NC(CC(C)C)C(=O)N1CC(C)CSC. The lowest BCUT2D eigenvalue weighted by molar-refractivity contribution is -0.150. The molecule has 0 aromatic rings. The molecule has 0 bridgehead atoms. The van der Waals surface area contributed by atoms with Crippen molar-refractivity contribution in [2.24, 2.45) is 11.8 Å². The average Bonchev–Trinajstić information content (AvgIpc) is 2.35. The Morgan fingerprint density at radius 1 is 1.30 bits per heavy atom. The van der Waals surface area contributed by atoms with E-state index in [-0.39, 0.29) is 23.9 Å². The molecule has 1 N–H and O–H groups in total. The quantitative estimate of drug-likeness (QED) is 0.783. The van der Waals surface area contributed by atoms with Crippen molar-refractivity contribution in [2.75, 3.05) is 18.6 Å². The van der Waals surface area contributed by atoms with Crippen molar-refractivity contribution < 1.29 is 9.59 Å². The highest BCUT2D eigenvalue weighted by atomic mass is 32.2. The zero-order chi connectivity index (χ0) is 15.3. The summed E-state index contributed by atoms with van der Waals surface area (Å²) in [5.74, 6) is 1.92. The van der Waals surface area contributed by atoms with Gasteiger partial charge in [-0.3, -0.25) is 9.59 Å². The molecule has 20 heavy (non-hydrogen) atoms. The number of carbonyl (C=O) groups excluding carboxylic acids is 2. The number of rotatable bonds is 7. The summed E-state index contributed by atoms with van der Waals surface area (Å²) in [5.41, 5.74) is 0. The monoisotopic (exact) mass is 300 g/mol. The third kappa shape index (κ3) is 4.40. The van der Waals surface area contributed by atoms with E-state index in [1.807, 2.05) is 11.8 Å². The zero-order valence-electron chi connectivity index (χ0n) is 13.3. The number of thioether (sulfide) groups is 1. The Bertz CT molecular complexity index is 347. The highest BCUT2D eigenvalue weighted by molar-refractivity contribution is 7.98. The third-order valence-corrected chi connectivity index (χ3v) is 4.53. The van der Waals surface area contributed by atoms with Gasteiger partial charge in [-0.2, -0.15) is 11.8 Å². The van der Waals surface area contributed by atoms with E-state index in [1.54, 1.807) is 11.8 Å². The third-order valence-electron chi connectivity index (χ3n) is 3.63. The van der Waals surface area contributed by atoms with Gasteiger partial charge in [0.05, 0.1) is 0 Å². The van der Waals surface area contributed by atoms with Crippen LogP contribution in [-0.2, 0) is 9.59 Å². The van der Waals surface area contributed by atoms with Crippen LogP contribution in [0.3, 0.4) is 0 Å². The van der Waals surface area contributed by atoms with Crippen molar-refractivity contribution in [1.29, 1.82) is 0 Å². The molecular formula is C15H28N2O2S. The molecule has 0 aliphatic carbocycles. The fraction of sp³-hybridized carbons (Fsp3) is 0.867. The van der Waals surface area contributed by atoms with Gasteiger partial charge in [0.25, 0.3) is 0 Å². The van der Waals surface area contributed by atoms with Crippen molar-refractivity contribution in [3.8, 4) is 0 Å². The first-order valence-corrected chi connectivity index (χ1v) is 8.89. The predicted molar refractivity (Wildman–Crippen MR) is 84.7 cm³/mol. The van der Waals surface area contributed by atoms with Crippen LogP contribution in [0.25, 0.3) is 0 Å². The van der Waals surface area contributed by atoms with Crippen LogP contribution >= 0.6 is 11.8 Å². The molecule has 3 unspecified atom stereocenters. The number of carbonyl (C=O) groups is 2. The largest absolute Gasteiger partial charge is 0.342 e. The Morgan fingerprint density at radius 2 is 1.95 bits per heavy atom. The number of nitrogens with zero attached hydrogens (tertiary/aromatic N) is 1. The van der Waals surface area contributed by atoms with Gasteiger partial charge in [-0.15, -0.1) is 0 Å². The second-order valence-corrected chi connectivity index (χ2v) is 7.08. The molecule has 1 rings (SSSR count). The first kappa shape index (κ1) is 17.3. The normalized spacial score (nSPS) is 25.0. The molecule has 1 heterocycles. The number of amides is 2. The van der Waals surface area contributed by atoms with Crippen LogP contribution in [0.1, 0.15) is 40.5 Å². The van der Waals surface area contributed by atoms with Crippen LogP contribution in [-0.4, -0.2) is 47.4 Å². The van der Waals surface area contributed by atoms with Gasteiger partial charge in [0, 0.05) is 6.54 Å². The standard InChI is InChI=1S/C15H28N2O2S/c1-6-13-14(18)16-12(7-10(2)3)15(19)17(13)8-11(4)9-20-5/h10-13H,6-9H2,1-5H3,(H,16,18). The molecule has 0 aromatic carbocycles. The maximum atomic E-state index is 12.6. The topological polar surface area (TPSA) is 49.4 Å². The summed E-state index contributed by atoms with van der Waals surface area (Å²) >= 11 is 1.78. The fourth-order valence-electron chi connectivity index (χ4n) is 2.75. The van der Waals surface area contributed by atoms with Gasteiger partial charge in [0.2, 0.25) is 11.8 Å². The molecule has 1 fully saturated rings. The van der Waals surface area contributed by atoms with Crippen LogP contribution in [0.4, 0.5) is 0 Å². The minimum Gasteiger partial charge on any atom is -0.342 e. The van der Waals surface area contributed by atoms with Crippen molar-refractivity contribution in [3.05, 3.63) is 0 Å². The predicted octanol–water partition coefficient (Wildman–Crippen LogP) is 2.14. The zero-order valence-corrected chi connectivity index (χ0v) is 14.1. The van der Waals surface area contributed by atoms with E-state index in [1.165, 1.54) is 0 Å². The van der Waals surface area contributed by atoms with Gasteiger partial charge in [-0.25, -0.2) is 0 Å². The molecule has 5 heteroatoms. The summed E-state index contributed by atoms with van der Waals surface area (Å²) in [6, 6.07) is -0.637. The van der Waals surface area contributed by atoms with Crippen molar-refractivity contribution >= 4 is 23.6 Å². The first-order valence-electron chi connectivity index (χ1n) is 7.50. The highest BCUT2D eigenvalue weighted by Crippen LogP contribution is 2.20. The summed E-state index contributed by atoms with van der Waals surface area (Å²) in [7, 11) is 0. The lowest BCUT2D eigenvalue weighted by Gasteiger charge is -2.40. The molecule has 1 aliphatic heterocycles. The van der Waals surface area contributed by atoms with Gasteiger partial charge in [-0.1, -0.05) is 27.7 Å². The van der Waals surface area contributed by atoms with E-state index in [0.29, 0.717) is 31.2 Å². The molecular weight excluding hydrogens is 272 g/mol. The van der Waals surface area contributed by atoms with Gasteiger partial charge < -0.3 is 10.2 Å². The smallest absolute Gasteiger partial charge is 0.245 e.